The molecule has 0 atom stereocenters. The summed E-state index contributed by atoms with van der Waals surface area (Å²) in [6.45, 7) is 0. The Labute approximate surface area is 122 Å². The van der Waals surface area contributed by atoms with Gasteiger partial charge in [0.2, 0.25) is 0 Å². The van der Waals surface area contributed by atoms with E-state index in [4.69, 9.17) is 11.6 Å². The molecule has 19 heavy (non-hydrogen) atoms. The molecule has 1 N–H and O–H groups in total. The summed E-state index contributed by atoms with van der Waals surface area (Å²) >= 11 is 9.39. The normalized spacial score (nSPS) is 14.6. The maximum absolute atomic E-state index is 12.4. The standard InChI is InChI=1S/C13H10BrClN2O2/c14-8-3-1-2-7(6-8)10-11(15)16-13(19)17(12(10)18)9-4-5-9/h1-3,6,9H,4-5H2,(H,16,19). The van der Waals surface area contributed by atoms with Crippen molar-refractivity contribution >= 4 is 27.5 Å². The highest BCUT2D eigenvalue weighted by molar-refractivity contribution is 9.10. The molecule has 0 aliphatic heterocycles. The molecule has 1 saturated carbocycles. The average molecular weight is 342 g/mol. The van der Waals surface area contributed by atoms with E-state index in [0.29, 0.717) is 11.1 Å². The fraction of sp³-hybridized carbons (Fsp3) is 0.231. The van der Waals surface area contributed by atoms with Gasteiger partial charge in [-0.25, -0.2) is 4.79 Å². The first-order valence-electron chi connectivity index (χ1n) is 5.88. The molecule has 3 rings (SSSR count). The van der Waals surface area contributed by atoms with Crippen LogP contribution >= 0.6 is 27.5 Å². The lowest BCUT2D eigenvalue weighted by atomic mass is 10.1. The van der Waals surface area contributed by atoms with Crippen LogP contribution in [0.4, 0.5) is 0 Å². The predicted octanol–water partition coefficient (Wildman–Crippen LogP) is 2.95. The number of nitrogens with zero attached hydrogens (tertiary/aromatic N) is 1. The number of halogens is 2. The monoisotopic (exact) mass is 340 g/mol. The molecular weight excluding hydrogens is 332 g/mol. The van der Waals surface area contributed by atoms with E-state index in [-0.39, 0.29) is 16.8 Å². The Balaban J connectivity index is 2.29. The van der Waals surface area contributed by atoms with Gasteiger partial charge in [0, 0.05) is 10.5 Å². The van der Waals surface area contributed by atoms with Crippen LogP contribution < -0.4 is 11.2 Å². The third kappa shape index (κ3) is 2.28. The summed E-state index contributed by atoms with van der Waals surface area (Å²) in [5.74, 6) is 0. The van der Waals surface area contributed by atoms with Gasteiger partial charge in [-0.05, 0) is 30.5 Å². The Bertz CT molecular complexity index is 762. The van der Waals surface area contributed by atoms with Gasteiger partial charge in [-0.15, -0.1) is 0 Å². The summed E-state index contributed by atoms with van der Waals surface area (Å²) < 4.78 is 2.12. The summed E-state index contributed by atoms with van der Waals surface area (Å²) in [7, 11) is 0. The van der Waals surface area contributed by atoms with E-state index >= 15 is 0 Å². The van der Waals surface area contributed by atoms with Crippen LogP contribution in [0.3, 0.4) is 0 Å². The molecule has 1 heterocycles. The van der Waals surface area contributed by atoms with Gasteiger partial charge in [0.05, 0.1) is 5.56 Å². The molecule has 1 aliphatic carbocycles. The Morgan fingerprint density at radius 2 is 2.05 bits per heavy atom. The Morgan fingerprint density at radius 3 is 2.68 bits per heavy atom. The van der Waals surface area contributed by atoms with Crippen LogP contribution in [0.25, 0.3) is 11.1 Å². The van der Waals surface area contributed by atoms with E-state index in [1.54, 1.807) is 12.1 Å². The molecule has 0 bridgehead atoms. The van der Waals surface area contributed by atoms with Gasteiger partial charge >= 0.3 is 5.69 Å². The minimum absolute atomic E-state index is 0.0134. The lowest BCUT2D eigenvalue weighted by molar-refractivity contribution is 0.657. The van der Waals surface area contributed by atoms with Gasteiger partial charge in [-0.3, -0.25) is 14.3 Å². The van der Waals surface area contributed by atoms with E-state index < -0.39 is 5.69 Å². The maximum atomic E-state index is 12.4. The lowest BCUT2D eigenvalue weighted by Crippen LogP contribution is -2.35. The third-order valence-corrected chi connectivity index (χ3v) is 3.89. The van der Waals surface area contributed by atoms with Gasteiger partial charge in [-0.2, -0.15) is 0 Å². The molecule has 2 aromatic rings. The summed E-state index contributed by atoms with van der Waals surface area (Å²) in [6, 6.07) is 7.30. The number of aromatic amines is 1. The van der Waals surface area contributed by atoms with Gasteiger partial charge < -0.3 is 0 Å². The van der Waals surface area contributed by atoms with Crippen molar-refractivity contribution < 1.29 is 0 Å². The molecule has 6 heteroatoms. The molecule has 1 aromatic heterocycles. The molecule has 0 amide bonds. The number of hydrogen-bond donors (Lipinski definition) is 1. The van der Waals surface area contributed by atoms with Crippen molar-refractivity contribution in [2.24, 2.45) is 0 Å². The SMILES string of the molecule is O=c1[nH]c(Cl)c(-c2cccc(Br)c2)c(=O)n1C1CC1. The van der Waals surface area contributed by atoms with Crippen LogP contribution in [0.5, 0.6) is 0 Å². The Morgan fingerprint density at radius 1 is 1.32 bits per heavy atom. The zero-order chi connectivity index (χ0) is 13.6. The molecule has 98 valence electrons. The average Bonchev–Trinajstić information content (AvgIpc) is 3.12. The quantitative estimate of drug-likeness (QED) is 0.854. The van der Waals surface area contributed by atoms with Crippen molar-refractivity contribution in [2.45, 2.75) is 18.9 Å². The highest BCUT2D eigenvalue weighted by atomic mass is 79.9. The fourth-order valence-corrected chi connectivity index (χ4v) is 2.75. The topological polar surface area (TPSA) is 54.9 Å². The highest BCUT2D eigenvalue weighted by Crippen LogP contribution is 2.33. The molecule has 0 spiro atoms. The molecule has 1 aromatic carbocycles. The lowest BCUT2D eigenvalue weighted by Gasteiger charge is -2.08. The summed E-state index contributed by atoms with van der Waals surface area (Å²) in [4.78, 5) is 26.8. The fourth-order valence-electron chi connectivity index (χ4n) is 2.08. The predicted molar refractivity (Wildman–Crippen MR) is 77.7 cm³/mol. The first-order chi connectivity index (χ1) is 9.08. The van der Waals surface area contributed by atoms with Gasteiger partial charge in [0.15, 0.2) is 0 Å². The van der Waals surface area contributed by atoms with Crippen LogP contribution in [-0.2, 0) is 0 Å². The van der Waals surface area contributed by atoms with Crippen molar-refractivity contribution in [3.8, 4) is 11.1 Å². The number of benzene rings is 1. The second kappa shape index (κ2) is 4.65. The first kappa shape index (κ1) is 12.7. The van der Waals surface area contributed by atoms with Gasteiger partial charge in [0.25, 0.3) is 5.56 Å². The first-order valence-corrected chi connectivity index (χ1v) is 7.05. The summed E-state index contributed by atoms with van der Waals surface area (Å²) in [6.07, 6.45) is 1.73. The van der Waals surface area contributed by atoms with E-state index in [1.807, 2.05) is 12.1 Å². The van der Waals surface area contributed by atoms with Crippen LogP contribution in [0.2, 0.25) is 5.15 Å². The van der Waals surface area contributed by atoms with Crippen LogP contribution in [0.1, 0.15) is 18.9 Å². The van der Waals surface area contributed by atoms with Crippen molar-refractivity contribution in [3.05, 3.63) is 54.7 Å². The molecule has 1 fully saturated rings. The molecule has 1 aliphatic rings. The highest BCUT2D eigenvalue weighted by Gasteiger charge is 2.28. The van der Waals surface area contributed by atoms with Gasteiger partial charge in [0.1, 0.15) is 5.15 Å². The van der Waals surface area contributed by atoms with Crippen molar-refractivity contribution in [1.29, 1.82) is 0 Å². The van der Waals surface area contributed by atoms with E-state index in [9.17, 15) is 9.59 Å². The van der Waals surface area contributed by atoms with Crippen LogP contribution in [-0.4, -0.2) is 9.55 Å². The van der Waals surface area contributed by atoms with Gasteiger partial charge in [-0.1, -0.05) is 39.7 Å². The number of H-pyrrole nitrogens is 1. The smallest absolute Gasteiger partial charge is 0.297 e. The molecule has 0 radical (unpaired) electrons. The zero-order valence-corrected chi connectivity index (χ0v) is 12.2. The molecule has 4 nitrogen and oxygen atoms in total. The van der Waals surface area contributed by atoms with E-state index in [1.165, 1.54) is 4.57 Å². The Hall–Kier alpha value is -1.33. The minimum Gasteiger partial charge on any atom is -0.297 e. The second-order valence-corrected chi connectivity index (χ2v) is 5.83. The third-order valence-electron chi connectivity index (χ3n) is 3.11. The van der Waals surface area contributed by atoms with E-state index in [2.05, 4.69) is 20.9 Å². The molecular formula is C13H10BrClN2O2. The minimum atomic E-state index is -0.434. The largest absolute Gasteiger partial charge is 0.329 e. The number of hydrogen-bond acceptors (Lipinski definition) is 2. The van der Waals surface area contributed by atoms with Crippen molar-refractivity contribution in [2.75, 3.05) is 0 Å². The maximum Gasteiger partial charge on any atom is 0.329 e. The number of nitrogens with one attached hydrogen (secondary N) is 1. The molecule has 0 saturated heterocycles. The van der Waals surface area contributed by atoms with E-state index in [0.717, 1.165) is 17.3 Å². The van der Waals surface area contributed by atoms with Crippen LogP contribution in [0.15, 0.2) is 38.3 Å². The summed E-state index contributed by atoms with van der Waals surface area (Å²) in [5, 5.41) is 0.0880. The second-order valence-electron chi connectivity index (χ2n) is 4.54. The number of aromatic nitrogens is 2. The van der Waals surface area contributed by atoms with Crippen LogP contribution in [0, 0.1) is 0 Å². The Kier molecular flexibility index (Phi) is 3.11. The van der Waals surface area contributed by atoms with Crippen molar-refractivity contribution in [1.82, 2.24) is 9.55 Å². The summed E-state index contributed by atoms with van der Waals surface area (Å²) in [5.41, 5.74) is 0.273. The zero-order valence-electron chi connectivity index (χ0n) is 9.82. The van der Waals surface area contributed by atoms with Crippen molar-refractivity contribution in [3.63, 3.8) is 0 Å². The molecule has 0 unspecified atom stereocenters. The number of rotatable bonds is 2.